The van der Waals surface area contributed by atoms with Gasteiger partial charge in [-0.2, -0.15) is 13.2 Å². The summed E-state index contributed by atoms with van der Waals surface area (Å²) >= 11 is 3.02. The fourth-order valence-corrected chi connectivity index (χ4v) is 1.81. The predicted octanol–water partition coefficient (Wildman–Crippen LogP) is 1.70. The molecule has 1 aromatic rings. The molecule has 0 saturated carbocycles. The van der Waals surface area contributed by atoms with Crippen molar-refractivity contribution in [2.75, 3.05) is 19.8 Å². The third kappa shape index (κ3) is 5.72. The highest BCUT2D eigenvalue weighted by molar-refractivity contribution is 9.10. The highest BCUT2D eigenvalue weighted by Crippen LogP contribution is 2.31. The van der Waals surface area contributed by atoms with Gasteiger partial charge in [-0.05, 0) is 34.1 Å². The number of hydrogen-bond donors (Lipinski definition) is 2. The van der Waals surface area contributed by atoms with Gasteiger partial charge in [0.05, 0.1) is 17.7 Å². The normalized spacial score (nSPS) is 11.2. The van der Waals surface area contributed by atoms with Crippen molar-refractivity contribution < 1.29 is 27.5 Å². The second-order valence-electron chi connectivity index (χ2n) is 3.97. The number of ether oxygens (including phenoxy) is 1. The molecule has 0 bridgehead atoms. The van der Waals surface area contributed by atoms with Crippen molar-refractivity contribution in [3.63, 3.8) is 0 Å². The van der Waals surface area contributed by atoms with Crippen molar-refractivity contribution >= 4 is 27.7 Å². The average Bonchev–Trinajstić information content (AvgIpc) is 2.36. The number of hydrogen-bond acceptors (Lipinski definition) is 3. The van der Waals surface area contributed by atoms with Gasteiger partial charge >= 0.3 is 6.18 Å². The summed E-state index contributed by atoms with van der Waals surface area (Å²) in [5.74, 6) is -1.34. The number of nitrogens with one attached hydrogen (secondary N) is 1. The zero-order chi connectivity index (χ0) is 16.0. The average molecular weight is 369 g/mol. The van der Waals surface area contributed by atoms with Gasteiger partial charge in [-0.1, -0.05) is 0 Å². The maximum absolute atomic E-state index is 12.6. The van der Waals surface area contributed by atoms with Crippen LogP contribution in [0.5, 0.6) is 0 Å². The van der Waals surface area contributed by atoms with Gasteiger partial charge in [-0.15, -0.1) is 0 Å². The third-order valence-corrected chi connectivity index (χ3v) is 3.01. The predicted molar refractivity (Wildman–Crippen MR) is 71.5 cm³/mol. The van der Waals surface area contributed by atoms with Gasteiger partial charge in [-0.25, -0.2) is 0 Å². The van der Waals surface area contributed by atoms with E-state index in [-0.39, 0.29) is 29.8 Å². The smallest absolute Gasteiger partial charge is 0.370 e. The van der Waals surface area contributed by atoms with Crippen LogP contribution in [-0.2, 0) is 15.7 Å². The van der Waals surface area contributed by atoms with E-state index in [9.17, 15) is 22.8 Å². The van der Waals surface area contributed by atoms with Crippen molar-refractivity contribution in [1.82, 2.24) is 5.32 Å². The SMILES string of the molecule is NC(=O)COCCNC(=O)c1cc(C(F)(F)F)ccc1Br. The molecule has 0 saturated heterocycles. The second-order valence-corrected chi connectivity index (χ2v) is 4.82. The summed E-state index contributed by atoms with van der Waals surface area (Å²) in [4.78, 5) is 22.2. The molecule has 0 atom stereocenters. The molecule has 0 aliphatic carbocycles. The Balaban J connectivity index is 2.63. The van der Waals surface area contributed by atoms with E-state index in [1.807, 2.05) is 0 Å². The molecule has 0 fully saturated rings. The molecule has 0 unspecified atom stereocenters. The second kappa shape index (κ2) is 7.41. The molecule has 5 nitrogen and oxygen atoms in total. The number of alkyl halides is 3. The lowest BCUT2D eigenvalue weighted by atomic mass is 10.1. The third-order valence-electron chi connectivity index (χ3n) is 2.31. The van der Waals surface area contributed by atoms with Crippen LogP contribution in [-0.4, -0.2) is 31.6 Å². The van der Waals surface area contributed by atoms with Crippen molar-refractivity contribution in [2.24, 2.45) is 5.73 Å². The molecule has 0 radical (unpaired) electrons. The molecular formula is C12H12BrF3N2O3. The van der Waals surface area contributed by atoms with E-state index in [1.54, 1.807) is 0 Å². The minimum Gasteiger partial charge on any atom is -0.370 e. The summed E-state index contributed by atoms with van der Waals surface area (Å²) in [7, 11) is 0. The minimum absolute atomic E-state index is 0.0191. The van der Waals surface area contributed by atoms with Crippen LogP contribution in [0.1, 0.15) is 15.9 Å². The highest BCUT2D eigenvalue weighted by Gasteiger charge is 2.31. The lowest BCUT2D eigenvalue weighted by Gasteiger charge is -2.11. The van der Waals surface area contributed by atoms with E-state index in [0.717, 1.165) is 18.2 Å². The summed E-state index contributed by atoms with van der Waals surface area (Å²) in [5.41, 5.74) is 3.78. The van der Waals surface area contributed by atoms with Crippen LogP contribution < -0.4 is 11.1 Å². The number of amides is 2. The van der Waals surface area contributed by atoms with Crippen molar-refractivity contribution in [3.8, 4) is 0 Å². The number of carbonyl (C=O) groups is 2. The Morgan fingerprint density at radius 3 is 2.57 bits per heavy atom. The molecular weight excluding hydrogens is 357 g/mol. The molecule has 116 valence electrons. The lowest BCUT2D eigenvalue weighted by molar-refractivity contribution is -0.137. The molecule has 2 amide bonds. The number of carbonyl (C=O) groups excluding carboxylic acids is 2. The molecule has 0 heterocycles. The van der Waals surface area contributed by atoms with Crippen LogP contribution in [0.15, 0.2) is 22.7 Å². The maximum atomic E-state index is 12.6. The number of benzene rings is 1. The molecule has 21 heavy (non-hydrogen) atoms. The summed E-state index contributed by atoms with van der Waals surface area (Å²) in [5, 5.41) is 2.38. The van der Waals surface area contributed by atoms with Crippen LogP contribution in [0.3, 0.4) is 0 Å². The Kier molecular flexibility index (Phi) is 6.16. The molecule has 0 aliphatic rings. The van der Waals surface area contributed by atoms with Gasteiger partial charge in [0.15, 0.2) is 0 Å². The van der Waals surface area contributed by atoms with E-state index in [2.05, 4.69) is 21.2 Å². The van der Waals surface area contributed by atoms with E-state index in [4.69, 9.17) is 10.5 Å². The first-order valence-corrected chi connectivity index (χ1v) is 6.52. The minimum atomic E-state index is -4.53. The van der Waals surface area contributed by atoms with E-state index >= 15 is 0 Å². The van der Waals surface area contributed by atoms with Crippen LogP contribution in [0.4, 0.5) is 13.2 Å². The Bertz CT molecular complexity index is 535. The number of primary amides is 1. The van der Waals surface area contributed by atoms with Gasteiger partial charge in [-0.3, -0.25) is 9.59 Å². The monoisotopic (exact) mass is 368 g/mol. The van der Waals surface area contributed by atoms with E-state index in [1.165, 1.54) is 0 Å². The largest absolute Gasteiger partial charge is 0.416 e. The zero-order valence-electron chi connectivity index (χ0n) is 10.7. The van der Waals surface area contributed by atoms with Crippen molar-refractivity contribution in [2.45, 2.75) is 6.18 Å². The molecule has 1 aromatic carbocycles. The summed E-state index contributed by atoms with van der Waals surface area (Å²) in [6, 6.07) is 2.78. The Morgan fingerprint density at radius 1 is 1.33 bits per heavy atom. The van der Waals surface area contributed by atoms with Gasteiger partial charge < -0.3 is 15.8 Å². The first kappa shape index (κ1) is 17.4. The molecule has 0 aliphatic heterocycles. The van der Waals surface area contributed by atoms with Gasteiger partial charge in [0.1, 0.15) is 6.61 Å². The topological polar surface area (TPSA) is 81.4 Å². The maximum Gasteiger partial charge on any atom is 0.416 e. The molecule has 0 spiro atoms. The number of rotatable bonds is 6. The standard InChI is InChI=1S/C12H12BrF3N2O3/c13-9-2-1-7(12(14,15)16)5-8(9)11(20)18-3-4-21-6-10(17)19/h1-2,5H,3-4,6H2,(H2,17,19)(H,18,20). The van der Waals surface area contributed by atoms with Crippen LogP contribution in [0, 0.1) is 0 Å². The fraction of sp³-hybridized carbons (Fsp3) is 0.333. The van der Waals surface area contributed by atoms with Gasteiger partial charge in [0, 0.05) is 11.0 Å². The Morgan fingerprint density at radius 2 is 2.00 bits per heavy atom. The summed E-state index contributed by atoms with van der Waals surface area (Å²) in [6.45, 7) is -0.233. The van der Waals surface area contributed by atoms with Crippen molar-refractivity contribution in [1.29, 1.82) is 0 Å². The lowest BCUT2D eigenvalue weighted by Crippen LogP contribution is -2.29. The van der Waals surface area contributed by atoms with Gasteiger partial charge in [0.2, 0.25) is 5.91 Å². The Hall–Kier alpha value is -1.61. The fourth-order valence-electron chi connectivity index (χ4n) is 1.38. The quantitative estimate of drug-likeness (QED) is 0.749. The summed E-state index contributed by atoms with van der Waals surface area (Å²) < 4.78 is 42.8. The first-order valence-electron chi connectivity index (χ1n) is 5.73. The molecule has 1 rings (SSSR count). The number of halogens is 4. The van der Waals surface area contributed by atoms with E-state index in [0.29, 0.717) is 0 Å². The molecule has 9 heteroatoms. The van der Waals surface area contributed by atoms with Crippen LogP contribution in [0.25, 0.3) is 0 Å². The van der Waals surface area contributed by atoms with Gasteiger partial charge in [0.25, 0.3) is 5.91 Å². The molecule has 0 aromatic heterocycles. The summed E-state index contributed by atoms with van der Waals surface area (Å²) in [6.07, 6.45) is -4.53. The van der Waals surface area contributed by atoms with E-state index < -0.39 is 23.6 Å². The molecule has 3 N–H and O–H groups in total. The highest BCUT2D eigenvalue weighted by atomic mass is 79.9. The first-order chi connectivity index (χ1) is 9.71. The van der Waals surface area contributed by atoms with Crippen LogP contribution in [0.2, 0.25) is 0 Å². The van der Waals surface area contributed by atoms with Crippen LogP contribution >= 0.6 is 15.9 Å². The Labute approximate surface area is 126 Å². The zero-order valence-corrected chi connectivity index (χ0v) is 12.3. The number of nitrogens with two attached hydrogens (primary N) is 1. The van der Waals surface area contributed by atoms with Crippen molar-refractivity contribution in [3.05, 3.63) is 33.8 Å².